The Bertz CT molecular complexity index is 1080. The number of nitrogens with one attached hydrogen (secondary N) is 2. The molecule has 3 aromatic rings. The van der Waals surface area contributed by atoms with Gasteiger partial charge in [0.05, 0.1) is 6.54 Å². The highest BCUT2D eigenvalue weighted by atomic mass is 79.9. The molecule has 0 aliphatic heterocycles. The molecule has 0 fully saturated rings. The molecule has 0 spiro atoms. The van der Waals surface area contributed by atoms with Crippen molar-refractivity contribution in [2.24, 2.45) is 12.1 Å². The number of amides is 1. The summed E-state index contributed by atoms with van der Waals surface area (Å²) in [6, 6.07) is 8.66. The van der Waals surface area contributed by atoms with Crippen molar-refractivity contribution in [1.29, 1.82) is 0 Å². The molecule has 0 aliphatic carbocycles. The third-order valence-electron chi connectivity index (χ3n) is 3.52. The summed E-state index contributed by atoms with van der Waals surface area (Å²) in [5.41, 5.74) is 2.29. The second-order valence-corrected chi connectivity index (χ2v) is 5.81. The molecule has 2 heterocycles. The van der Waals surface area contributed by atoms with Crippen LogP contribution in [-0.4, -0.2) is 31.2 Å². The summed E-state index contributed by atoms with van der Waals surface area (Å²) in [4.78, 5) is 41.9. The molecule has 0 bridgehead atoms. The van der Waals surface area contributed by atoms with Crippen LogP contribution in [0, 0.1) is 0 Å². The van der Waals surface area contributed by atoms with Gasteiger partial charge in [0.15, 0.2) is 15.9 Å². The van der Waals surface area contributed by atoms with Gasteiger partial charge in [0.25, 0.3) is 11.5 Å². The first-order valence-electron chi connectivity index (χ1n) is 7.21. The number of aryl methyl sites for hydroxylation is 1. The Morgan fingerprint density at radius 3 is 2.80 bits per heavy atom. The van der Waals surface area contributed by atoms with Crippen LogP contribution in [0.4, 0.5) is 0 Å². The first kappa shape index (κ1) is 16.8. The van der Waals surface area contributed by atoms with E-state index in [0.717, 1.165) is 0 Å². The van der Waals surface area contributed by atoms with Gasteiger partial charge in [-0.15, -0.1) is 0 Å². The van der Waals surface area contributed by atoms with Crippen LogP contribution < -0.4 is 16.7 Å². The molecule has 0 aliphatic rings. The minimum absolute atomic E-state index is 0.174. The van der Waals surface area contributed by atoms with Gasteiger partial charge in [-0.3, -0.25) is 19.1 Å². The number of hydrogen-bond acceptors (Lipinski definition) is 5. The van der Waals surface area contributed by atoms with E-state index in [4.69, 9.17) is 0 Å². The van der Waals surface area contributed by atoms with Crippen molar-refractivity contribution in [2.75, 3.05) is 0 Å². The molecule has 10 heteroatoms. The zero-order valence-electron chi connectivity index (χ0n) is 13.1. The van der Waals surface area contributed by atoms with Crippen molar-refractivity contribution in [1.82, 2.24) is 24.5 Å². The third kappa shape index (κ3) is 3.29. The van der Waals surface area contributed by atoms with E-state index in [1.807, 2.05) is 6.07 Å². The van der Waals surface area contributed by atoms with Crippen LogP contribution in [0.5, 0.6) is 0 Å². The first-order chi connectivity index (χ1) is 12.0. The maximum absolute atomic E-state index is 12.0. The third-order valence-corrected chi connectivity index (χ3v) is 4.12. The van der Waals surface area contributed by atoms with E-state index in [2.05, 4.69) is 36.4 Å². The van der Waals surface area contributed by atoms with Crippen LogP contribution in [0.15, 0.2) is 49.8 Å². The Hall–Kier alpha value is -3.01. The van der Waals surface area contributed by atoms with Crippen molar-refractivity contribution in [3.05, 3.63) is 61.5 Å². The topological polar surface area (TPSA) is 114 Å². The largest absolute Gasteiger partial charge is 0.329 e. The normalized spacial score (nSPS) is 11.3. The summed E-state index contributed by atoms with van der Waals surface area (Å²) in [5.74, 6) is -0.341. The molecular formula is C15H13BrN6O3. The minimum Gasteiger partial charge on any atom is -0.307 e. The molecule has 0 unspecified atom stereocenters. The predicted molar refractivity (Wildman–Crippen MR) is 95.7 cm³/mol. The Labute approximate surface area is 149 Å². The number of rotatable bonds is 4. The lowest BCUT2D eigenvalue weighted by Crippen LogP contribution is -2.29. The molecule has 3 rings (SSSR count). The molecule has 0 atom stereocenters. The summed E-state index contributed by atoms with van der Waals surface area (Å²) in [7, 11) is 1.51. The van der Waals surface area contributed by atoms with Crippen molar-refractivity contribution >= 4 is 39.2 Å². The number of benzene rings is 1. The fraction of sp³-hybridized carbons (Fsp3) is 0.133. The van der Waals surface area contributed by atoms with Gasteiger partial charge in [-0.1, -0.05) is 18.2 Å². The summed E-state index contributed by atoms with van der Waals surface area (Å²) in [6.07, 6.45) is 1.43. The van der Waals surface area contributed by atoms with Crippen molar-refractivity contribution in [3.8, 4) is 0 Å². The van der Waals surface area contributed by atoms with Crippen molar-refractivity contribution in [2.45, 2.75) is 6.54 Å². The van der Waals surface area contributed by atoms with Crippen LogP contribution in [0.3, 0.4) is 0 Å². The number of hydrogen-bond donors (Lipinski definition) is 2. The molecule has 1 aromatic carbocycles. The molecule has 0 radical (unpaired) electrons. The highest BCUT2D eigenvalue weighted by molar-refractivity contribution is 9.10. The Morgan fingerprint density at radius 2 is 2.08 bits per heavy atom. The number of hydrazone groups is 1. The number of H-pyrrole nitrogens is 1. The fourth-order valence-corrected chi connectivity index (χ4v) is 2.75. The maximum atomic E-state index is 12.0. The average molecular weight is 405 g/mol. The zero-order chi connectivity index (χ0) is 18.0. The Balaban J connectivity index is 1.81. The van der Waals surface area contributed by atoms with Crippen LogP contribution >= 0.6 is 15.9 Å². The van der Waals surface area contributed by atoms with Gasteiger partial charge >= 0.3 is 5.69 Å². The molecule has 9 nitrogen and oxygen atoms in total. The van der Waals surface area contributed by atoms with E-state index in [1.54, 1.807) is 24.3 Å². The lowest BCUT2D eigenvalue weighted by atomic mass is 10.2. The predicted octanol–water partition coefficient (Wildman–Crippen LogP) is 0.602. The highest BCUT2D eigenvalue weighted by Gasteiger charge is 2.14. The Kier molecular flexibility index (Phi) is 4.61. The van der Waals surface area contributed by atoms with Crippen LogP contribution in [0.1, 0.15) is 10.4 Å². The van der Waals surface area contributed by atoms with Crippen LogP contribution in [0.2, 0.25) is 0 Å². The molecule has 25 heavy (non-hydrogen) atoms. The zero-order valence-corrected chi connectivity index (χ0v) is 14.6. The van der Waals surface area contributed by atoms with Gasteiger partial charge in [-0.05, 0) is 28.1 Å². The first-order valence-corrected chi connectivity index (χ1v) is 8.00. The number of imidazole rings is 1. The summed E-state index contributed by atoms with van der Waals surface area (Å²) >= 11 is 3.25. The van der Waals surface area contributed by atoms with E-state index < -0.39 is 11.2 Å². The number of carbonyl (C=O) groups excluding carboxylic acids is 1. The molecular weight excluding hydrogens is 392 g/mol. The van der Waals surface area contributed by atoms with Gasteiger partial charge in [0.2, 0.25) is 0 Å². The number of fused-ring (bicyclic) bond motifs is 1. The summed E-state index contributed by atoms with van der Waals surface area (Å²) in [6.45, 7) is 0.174. The van der Waals surface area contributed by atoms with Crippen LogP contribution in [-0.2, 0) is 13.6 Å². The molecule has 2 N–H and O–H groups in total. The standard InChI is InChI=1S/C15H13BrN6O3/c1-21-11-10(13(24)19-15(21)25)22(14(16)18-11)8-7-17-20-12(23)9-5-3-2-4-6-9/h2-7H,8H2,1H3,(H,20,23)(H,19,24,25)/b17-7-. The van der Waals surface area contributed by atoms with E-state index in [-0.39, 0.29) is 23.6 Å². The number of nitrogens with zero attached hydrogens (tertiary/aromatic N) is 4. The monoisotopic (exact) mass is 404 g/mol. The smallest absolute Gasteiger partial charge is 0.307 e. The van der Waals surface area contributed by atoms with Gasteiger partial charge in [-0.25, -0.2) is 15.2 Å². The Morgan fingerprint density at radius 1 is 1.36 bits per heavy atom. The second kappa shape index (κ2) is 6.85. The van der Waals surface area contributed by atoms with Crippen molar-refractivity contribution in [3.63, 3.8) is 0 Å². The van der Waals surface area contributed by atoms with Crippen molar-refractivity contribution < 1.29 is 4.79 Å². The van der Waals surface area contributed by atoms with Gasteiger partial charge in [-0.2, -0.15) is 5.10 Å². The molecule has 1 amide bonds. The lowest BCUT2D eigenvalue weighted by molar-refractivity contribution is 0.0955. The van der Waals surface area contributed by atoms with Gasteiger partial charge < -0.3 is 4.57 Å². The quantitative estimate of drug-likeness (QED) is 0.376. The summed E-state index contributed by atoms with van der Waals surface area (Å²) < 4.78 is 3.15. The number of halogens is 1. The molecule has 0 saturated carbocycles. The summed E-state index contributed by atoms with van der Waals surface area (Å²) in [5, 5.41) is 3.87. The van der Waals surface area contributed by atoms with Gasteiger partial charge in [0, 0.05) is 18.8 Å². The SMILES string of the molecule is Cn1c(=O)[nH]c(=O)c2c1nc(Br)n2C/C=N\NC(=O)c1ccccc1. The highest BCUT2D eigenvalue weighted by Crippen LogP contribution is 2.15. The van der Waals surface area contributed by atoms with Crippen LogP contribution in [0.25, 0.3) is 11.2 Å². The fourth-order valence-electron chi connectivity index (χ4n) is 2.26. The number of aromatic nitrogens is 4. The lowest BCUT2D eigenvalue weighted by Gasteiger charge is -2.02. The minimum atomic E-state index is -0.543. The van der Waals surface area contributed by atoms with E-state index in [1.165, 1.54) is 22.4 Å². The van der Waals surface area contributed by atoms with E-state index in [9.17, 15) is 14.4 Å². The van der Waals surface area contributed by atoms with E-state index >= 15 is 0 Å². The maximum Gasteiger partial charge on any atom is 0.329 e. The average Bonchev–Trinajstić information content (AvgIpc) is 2.94. The molecule has 0 saturated heterocycles. The molecule has 128 valence electrons. The van der Waals surface area contributed by atoms with Gasteiger partial charge in [0.1, 0.15) is 0 Å². The number of aromatic amines is 1. The molecule has 2 aromatic heterocycles. The van der Waals surface area contributed by atoms with E-state index in [0.29, 0.717) is 10.3 Å². The second-order valence-electron chi connectivity index (χ2n) is 5.10. The number of carbonyl (C=O) groups is 1.